The molecule has 0 saturated heterocycles. The van der Waals surface area contributed by atoms with Crippen molar-refractivity contribution in [1.29, 1.82) is 0 Å². The Hall–Kier alpha value is -2.37. The van der Waals surface area contributed by atoms with E-state index in [0.717, 1.165) is 6.07 Å². The first-order valence-electron chi connectivity index (χ1n) is 8.54. The average Bonchev–Trinajstić information content (AvgIpc) is 2.88. The molecular formula is C21H18Cl2FNO3. The van der Waals surface area contributed by atoms with Gasteiger partial charge in [0.05, 0.1) is 16.6 Å². The minimum Gasteiger partial charge on any atom is -0.503 e. The van der Waals surface area contributed by atoms with Crippen LogP contribution in [0.4, 0.5) is 10.1 Å². The monoisotopic (exact) mass is 421 g/mol. The van der Waals surface area contributed by atoms with Gasteiger partial charge in [0.1, 0.15) is 5.82 Å². The number of halogens is 3. The number of aliphatic hydroxyl groups excluding tert-OH is 1. The van der Waals surface area contributed by atoms with Gasteiger partial charge in [-0.05, 0) is 35.9 Å². The number of anilines is 1. The maximum atomic E-state index is 13.6. The fourth-order valence-corrected chi connectivity index (χ4v) is 3.40. The zero-order chi connectivity index (χ0) is 20.8. The third kappa shape index (κ3) is 3.52. The largest absolute Gasteiger partial charge is 0.503 e. The van der Waals surface area contributed by atoms with Gasteiger partial charge in [-0.25, -0.2) is 4.39 Å². The first-order valence-corrected chi connectivity index (χ1v) is 9.30. The number of carbonyl (C=O) groups is 2. The molecule has 28 heavy (non-hydrogen) atoms. The normalized spacial score (nSPS) is 17.4. The zero-order valence-corrected chi connectivity index (χ0v) is 17.0. The van der Waals surface area contributed by atoms with Crippen LogP contribution in [0.2, 0.25) is 10.0 Å². The van der Waals surface area contributed by atoms with Crippen molar-refractivity contribution in [1.82, 2.24) is 0 Å². The Morgan fingerprint density at radius 2 is 1.71 bits per heavy atom. The predicted octanol–water partition coefficient (Wildman–Crippen LogP) is 5.65. The molecule has 0 aliphatic carbocycles. The molecule has 0 bridgehead atoms. The average molecular weight is 422 g/mol. The van der Waals surface area contributed by atoms with Crippen LogP contribution in [0.5, 0.6) is 0 Å². The number of benzene rings is 2. The van der Waals surface area contributed by atoms with Gasteiger partial charge in [0, 0.05) is 16.1 Å². The Bertz CT molecular complexity index is 994. The number of hydrogen-bond acceptors (Lipinski definition) is 3. The van der Waals surface area contributed by atoms with Gasteiger partial charge in [-0.2, -0.15) is 0 Å². The first-order chi connectivity index (χ1) is 13.0. The van der Waals surface area contributed by atoms with Crippen LogP contribution in [0.1, 0.15) is 32.4 Å². The molecule has 1 amide bonds. The second-order valence-corrected chi connectivity index (χ2v) is 8.41. The molecule has 0 saturated carbocycles. The molecule has 4 nitrogen and oxygen atoms in total. The van der Waals surface area contributed by atoms with Gasteiger partial charge in [-0.3, -0.25) is 14.5 Å². The van der Waals surface area contributed by atoms with Crippen molar-refractivity contribution in [3.8, 4) is 0 Å². The smallest absolute Gasteiger partial charge is 0.294 e. The van der Waals surface area contributed by atoms with Gasteiger partial charge < -0.3 is 5.11 Å². The molecule has 0 fully saturated rings. The van der Waals surface area contributed by atoms with Gasteiger partial charge in [0.2, 0.25) is 0 Å². The summed E-state index contributed by atoms with van der Waals surface area (Å²) in [7, 11) is 0. The highest BCUT2D eigenvalue weighted by molar-refractivity contribution is 6.31. The standard InChI is InChI=1S/C21H18Cl2FNO3/c1-21(2,3)19(27)16-17(11-4-6-12(22)7-5-11)25(20(28)18(16)26)13-8-9-15(24)14(23)10-13/h4-10,17,26H,1-3H3. The van der Waals surface area contributed by atoms with Crippen LogP contribution in [0.3, 0.4) is 0 Å². The van der Waals surface area contributed by atoms with Crippen molar-refractivity contribution in [2.24, 2.45) is 5.41 Å². The van der Waals surface area contributed by atoms with Crippen LogP contribution in [-0.2, 0) is 9.59 Å². The van der Waals surface area contributed by atoms with E-state index in [1.54, 1.807) is 45.0 Å². The fourth-order valence-electron chi connectivity index (χ4n) is 3.10. The Kier molecular flexibility index (Phi) is 5.26. The molecule has 1 aliphatic heterocycles. The lowest BCUT2D eigenvalue weighted by Gasteiger charge is -2.29. The van der Waals surface area contributed by atoms with Crippen molar-refractivity contribution < 1.29 is 19.1 Å². The van der Waals surface area contributed by atoms with E-state index < -0.39 is 28.9 Å². The molecule has 0 aromatic heterocycles. The predicted molar refractivity (Wildman–Crippen MR) is 107 cm³/mol. The highest BCUT2D eigenvalue weighted by atomic mass is 35.5. The topological polar surface area (TPSA) is 57.6 Å². The molecule has 1 heterocycles. The molecule has 1 unspecified atom stereocenters. The summed E-state index contributed by atoms with van der Waals surface area (Å²) in [6.45, 7) is 5.11. The number of amides is 1. The number of aliphatic hydroxyl groups is 1. The molecule has 0 radical (unpaired) electrons. The SMILES string of the molecule is CC(C)(C)C(=O)C1=C(O)C(=O)N(c2ccc(F)c(Cl)c2)C1c1ccc(Cl)cc1. The highest BCUT2D eigenvalue weighted by Gasteiger charge is 2.46. The number of ketones is 1. The molecule has 1 N–H and O–H groups in total. The Morgan fingerprint density at radius 1 is 1.11 bits per heavy atom. The van der Waals surface area contributed by atoms with Gasteiger partial charge >= 0.3 is 0 Å². The molecule has 1 atom stereocenters. The number of hydrogen-bond donors (Lipinski definition) is 1. The van der Waals surface area contributed by atoms with Crippen molar-refractivity contribution in [3.63, 3.8) is 0 Å². The molecule has 2 aromatic carbocycles. The van der Waals surface area contributed by atoms with E-state index in [9.17, 15) is 19.1 Å². The quantitative estimate of drug-likeness (QED) is 0.696. The summed E-state index contributed by atoms with van der Waals surface area (Å²) in [5.74, 6) is -2.38. The summed E-state index contributed by atoms with van der Waals surface area (Å²) < 4.78 is 13.6. The van der Waals surface area contributed by atoms with E-state index in [0.29, 0.717) is 10.6 Å². The highest BCUT2D eigenvalue weighted by Crippen LogP contribution is 2.44. The summed E-state index contributed by atoms with van der Waals surface area (Å²) in [6, 6.07) is 9.51. The van der Waals surface area contributed by atoms with E-state index in [4.69, 9.17) is 23.2 Å². The summed E-state index contributed by atoms with van der Waals surface area (Å²) in [6.07, 6.45) is 0. The summed E-state index contributed by atoms with van der Waals surface area (Å²) in [5, 5.41) is 10.9. The van der Waals surface area contributed by atoms with Gasteiger partial charge in [0.15, 0.2) is 11.5 Å². The molecule has 3 rings (SSSR count). The summed E-state index contributed by atoms with van der Waals surface area (Å²) in [5.41, 5.74) is -0.000200. The van der Waals surface area contributed by atoms with Gasteiger partial charge in [-0.1, -0.05) is 56.1 Å². The molecule has 1 aliphatic rings. The zero-order valence-electron chi connectivity index (χ0n) is 15.5. The van der Waals surface area contributed by atoms with Crippen molar-refractivity contribution in [2.75, 3.05) is 4.90 Å². The third-order valence-corrected chi connectivity index (χ3v) is 5.04. The summed E-state index contributed by atoms with van der Waals surface area (Å²) in [4.78, 5) is 27.2. The van der Waals surface area contributed by atoms with Crippen LogP contribution in [0, 0.1) is 11.2 Å². The second kappa shape index (κ2) is 7.22. The second-order valence-electron chi connectivity index (χ2n) is 7.57. The first kappa shape index (κ1) is 20.4. The fraction of sp³-hybridized carbons (Fsp3) is 0.238. The van der Waals surface area contributed by atoms with Gasteiger partial charge in [0.25, 0.3) is 5.91 Å². The van der Waals surface area contributed by atoms with Crippen molar-refractivity contribution in [3.05, 3.63) is 75.2 Å². The van der Waals surface area contributed by atoms with E-state index in [1.165, 1.54) is 17.0 Å². The maximum absolute atomic E-state index is 13.6. The van der Waals surface area contributed by atoms with Crippen molar-refractivity contribution >= 4 is 40.6 Å². The molecular weight excluding hydrogens is 404 g/mol. The third-order valence-electron chi connectivity index (χ3n) is 4.50. The van der Waals surface area contributed by atoms with Crippen LogP contribution in [0.15, 0.2) is 53.8 Å². The number of nitrogens with zero attached hydrogens (tertiary/aromatic N) is 1. The maximum Gasteiger partial charge on any atom is 0.294 e. The van der Waals surface area contributed by atoms with Crippen LogP contribution in [-0.4, -0.2) is 16.8 Å². The molecule has 146 valence electrons. The van der Waals surface area contributed by atoms with E-state index >= 15 is 0 Å². The Morgan fingerprint density at radius 3 is 2.25 bits per heavy atom. The van der Waals surface area contributed by atoms with Crippen LogP contribution < -0.4 is 4.90 Å². The van der Waals surface area contributed by atoms with E-state index in [2.05, 4.69) is 0 Å². The Balaban J connectivity index is 2.22. The molecule has 0 spiro atoms. The lowest BCUT2D eigenvalue weighted by molar-refractivity contribution is -0.123. The van der Waals surface area contributed by atoms with E-state index in [1.807, 2.05) is 0 Å². The molecule has 7 heteroatoms. The van der Waals surface area contributed by atoms with Crippen LogP contribution in [0.25, 0.3) is 0 Å². The molecule has 2 aromatic rings. The van der Waals surface area contributed by atoms with Crippen LogP contribution >= 0.6 is 23.2 Å². The lowest BCUT2D eigenvalue weighted by atomic mass is 9.82. The summed E-state index contributed by atoms with van der Waals surface area (Å²) >= 11 is 11.9. The van der Waals surface area contributed by atoms with E-state index in [-0.39, 0.29) is 22.1 Å². The number of Topliss-reactive ketones (excluding diaryl/α,β-unsaturated/α-hetero) is 1. The van der Waals surface area contributed by atoms with Gasteiger partial charge in [-0.15, -0.1) is 0 Å². The minimum atomic E-state index is -0.891. The van der Waals surface area contributed by atoms with Crippen molar-refractivity contribution in [2.45, 2.75) is 26.8 Å². The number of rotatable bonds is 3. The minimum absolute atomic E-state index is 0.0136. The number of carbonyl (C=O) groups excluding carboxylic acids is 2. The Labute approximate surface area is 172 Å². The lowest BCUT2D eigenvalue weighted by Crippen LogP contribution is -2.32.